The van der Waals surface area contributed by atoms with Crippen LogP contribution in [0.15, 0.2) is 36.5 Å². The number of aromatic nitrogens is 2. The van der Waals surface area contributed by atoms with Crippen molar-refractivity contribution in [3.8, 4) is 0 Å². The van der Waals surface area contributed by atoms with Crippen molar-refractivity contribution in [2.24, 2.45) is 5.84 Å². The zero-order chi connectivity index (χ0) is 14.5. The molecular weight excluding hydrogens is 250 g/mol. The number of nitrogen functional groups attached to an aromatic ring is 1. The zero-order valence-electron chi connectivity index (χ0n) is 12.1. The van der Waals surface area contributed by atoms with Gasteiger partial charge in [-0.3, -0.25) is 16.0 Å². The van der Waals surface area contributed by atoms with Gasteiger partial charge in [0.05, 0.1) is 11.7 Å². The van der Waals surface area contributed by atoms with Gasteiger partial charge < -0.3 is 5.73 Å². The lowest BCUT2D eigenvalue weighted by Gasteiger charge is -2.17. The summed E-state index contributed by atoms with van der Waals surface area (Å²) in [4.78, 5) is 0. The van der Waals surface area contributed by atoms with E-state index in [2.05, 4.69) is 24.4 Å². The maximum absolute atomic E-state index is 6.00. The van der Waals surface area contributed by atoms with Crippen LogP contribution in [-0.2, 0) is 6.42 Å². The van der Waals surface area contributed by atoms with Crippen molar-refractivity contribution in [1.29, 1.82) is 0 Å². The average molecular weight is 273 g/mol. The molecule has 2 unspecified atom stereocenters. The van der Waals surface area contributed by atoms with Crippen LogP contribution < -0.4 is 17.0 Å². The fourth-order valence-electron chi connectivity index (χ4n) is 2.21. The van der Waals surface area contributed by atoms with Gasteiger partial charge in [-0.15, -0.1) is 0 Å². The van der Waals surface area contributed by atoms with Gasteiger partial charge in [-0.05, 0) is 31.0 Å². The molecule has 1 heterocycles. The summed E-state index contributed by atoms with van der Waals surface area (Å²) >= 11 is 0. The first kappa shape index (κ1) is 14.6. The van der Waals surface area contributed by atoms with Crippen molar-refractivity contribution < 1.29 is 0 Å². The highest BCUT2D eigenvalue weighted by molar-refractivity contribution is 5.48. The summed E-state index contributed by atoms with van der Waals surface area (Å²) in [5.74, 6) is 5.67. The smallest absolute Gasteiger partial charge is 0.0644 e. The van der Waals surface area contributed by atoms with E-state index in [0.29, 0.717) is 12.5 Å². The van der Waals surface area contributed by atoms with Gasteiger partial charge in [0, 0.05) is 24.3 Å². The van der Waals surface area contributed by atoms with Crippen molar-refractivity contribution in [3.05, 3.63) is 47.8 Å². The van der Waals surface area contributed by atoms with E-state index >= 15 is 0 Å². The van der Waals surface area contributed by atoms with Gasteiger partial charge in [-0.2, -0.15) is 5.10 Å². The van der Waals surface area contributed by atoms with Crippen LogP contribution in [0.5, 0.6) is 0 Å². The molecule has 2 rings (SSSR count). The molecule has 5 heteroatoms. The monoisotopic (exact) mass is 273 g/mol. The van der Waals surface area contributed by atoms with Crippen molar-refractivity contribution in [2.75, 3.05) is 5.73 Å². The third-order valence-corrected chi connectivity index (χ3v) is 3.69. The fraction of sp³-hybridized carbons (Fsp3) is 0.400. The number of hydrogen-bond acceptors (Lipinski definition) is 4. The predicted octanol–water partition coefficient (Wildman–Crippen LogP) is 2.18. The summed E-state index contributed by atoms with van der Waals surface area (Å²) < 4.78 is 2.00. The predicted molar refractivity (Wildman–Crippen MR) is 81.9 cm³/mol. The number of hydrazine groups is 1. The van der Waals surface area contributed by atoms with E-state index in [0.717, 1.165) is 23.4 Å². The van der Waals surface area contributed by atoms with Crippen LogP contribution in [0.2, 0.25) is 0 Å². The Morgan fingerprint density at radius 3 is 2.70 bits per heavy atom. The van der Waals surface area contributed by atoms with Crippen molar-refractivity contribution in [3.63, 3.8) is 0 Å². The Morgan fingerprint density at radius 2 is 2.05 bits per heavy atom. The van der Waals surface area contributed by atoms with Crippen LogP contribution in [0.4, 0.5) is 5.69 Å². The second-order valence-corrected chi connectivity index (χ2v) is 5.10. The quantitative estimate of drug-likeness (QED) is 0.428. The van der Waals surface area contributed by atoms with E-state index in [-0.39, 0.29) is 6.04 Å². The molecule has 1 aromatic heterocycles. The number of anilines is 1. The maximum Gasteiger partial charge on any atom is 0.0644 e. The molecule has 0 aliphatic heterocycles. The van der Waals surface area contributed by atoms with Crippen molar-refractivity contribution >= 4 is 5.69 Å². The van der Waals surface area contributed by atoms with E-state index in [1.165, 1.54) is 0 Å². The highest BCUT2D eigenvalue weighted by atomic mass is 15.3. The Morgan fingerprint density at radius 1 is 1.30 bits per heavy atom. The lowest BCUT2D eigenvalue weighted by Crippen LogP contribution is -2.30. The van der Waals surface area contributed by atoms with Gasteiger partial charge in [0.25, 0.3) is 0 Å². The molecule has 0 saturated carbocycles. The minimum absolute atomic E-state index is 0.0310. The third kappa shape index (κ3) is 3.18. The zero-order valence-corrected chi connectivity index (χ0v) is 12.1. The molecule has 2 atom stereocenters. The lowest BCUT2D eigenvalue weighted by molar-refractivity contribution is 0.467. The standard InChI is InChI=1S/C15H23N5/c1-3-11(2)20-9-8-12(19-20)10-15(18-17)13-6-4-5-7-14(13)16/h4-9,11,15,18H,3,10,16-17H2,1-2H3. The van der Waals surface area contributed by atoms with Crippen LogP contribution in [0.3, 0.4) is 0 Å². The van der Waals surface area contributed by atoms with Gasteiger partial charge in [0.2, 0.25) is 0 Å². The lowest BCUT2D eigenvalue weighted by atomic mass is 10.0. The largest absolute Gasteiger partial charge is 0.398 e. The molecule has 2 aromatic rings. The van der Waals surface area contributed by atoms with Crippen LogP contribution in [-0.4, -0.2) is 9.78 Å². The number of rotatable bonds is 6. The molecule has 5 nitrogen and oxygen atoms in total. The van der Waals surface area contributed by atoms with E-state index in [4.69, 9.17) is 11.6 Å². The minimum Gasteiger partial charge on any atom is -0.398 e. The minimum atomic E-state index is -0.0310. The number of hydrogen-bond donors (Lipinski definition) is 3. The van der Waals surface area contributed by atoms with Gasteiger partial charge in [-0.1, -0.05) is 25.1 Å². The summed E-state index contributed by atoms with van der Waals surface area (Å²) in [6.07, 6.45) is 3.80. The second kappa shape index (κ2) is 6.54. The molecular formula is C15H23N5. The van der Waals surface area contributed by atoms with Gasteiger partial charge >= 0.3 is 0 Å². The Labute approximate surface area is 119 Å². The van der Waals surface area contributed by atoms with E-state index in [1.807, 2.05) is 41.2 Å². The normalized spacial score (nSPS) is 14.2. The van der Waals surface area contributed by atoms with Crippen LogP contribution in [0.25, 0.3) is 0 Å². The number of nitrogens with two attached hydrogens (primary N) is 2. The second-order valence-electron chi connectivity index (χ2n) is 5.10. The molecule has 20 heavy (non-hydrogen) atoms. The Balaban J connectivity index is 2.15. The number of para-hydroxylation sites is 1. The van der Waals surface area contributed by atoms with Crippen LogP contribution >= 0.6 is 0 Å². The highest BCUT2D eigenvalue weighted by Crippen LogP contribution is 2.22. The molecule has 0 bridgehead atoms. The summed E-state index contributed by atoms with van der Waals surface area (Å²) in [7, 11) is 0. The molecule has 0 amide bonds. The summed E-state index contributed by atoms with van der Waals surface area (Å²) in [6.45, 7) is 4.31. The topological polar surface area (TPSA) is 81.9 Å². The summed E-state index contributed by atoms with van der Waals surface area (Å²) in [6, 6.07) is 10.2. The average Bonchev–Trinajstić information content (AvgIpc) is 2.93. The molecule has 5 N–H and O–H groups in total. The molecule has 0 aliphatic rings. The number of nitrogens with one attached hydrogen (secondary N) is 1. The SMILES string of the molecule is CCC(C)n1ccc(CC(NN)c2ccccc2N)n1. The maximum atomic E-state index is 6.00. The van der Waals surface area contributed by atoms with Crippen LogP contribution in [0, 0.1) is 0 Å². The highest BCUT2D eigenvalue weighted by Gasteiger charge is 2.15. The molecule has 0 aliphatic carbocycles. The third-order valence-electron chi connectivity index (χ3n) is 3.69. The fourth-order valence-corrected chi connectivity index (χ4v) is 2.21. The molecule has 0 radical (unpaired) electrons. The van der Waals surface area contributed by atoms with Crippen LogP contribution in [0.1, 0.15) is 43.6 Å². The Hall–Kier alpha value is -1.85. The molecule has 0 spiro atoms. The first-order valence-electron chi connectivity index (χ1n) is 7.00. The summed E-state index contributed by atoms with van der Waals surface area (Å²) in [5, 5.41) is 4.60. The van der Waals surface area contributed by atoms with E-state index < -0.39 is 0 Å². The number of nitrogens with zero attached hydrogens (tertiary/aromatic N) is 2. The molecule has 1 aromatic carbocycles. The first-order valence-corrected chi connectivity index (χ1v) is 7.00. The Kier molecular flexibility index (Phi) is 4.76. The molecule has 0 saturated heterocycles. The van der Waals surface area contributed by atoms with Gasteiger partial charge in [0.15, 0.2) is 0 Å². The van der Waals surface area contributed by atoms with Crippen molar-refractivity contribution in [2.45, 2.75) is 38.8 Å². The van der Waals surface area contributed by atoms with Crippen molar-refractivity contribution in [1.82, 2.24) is 15.2 Å². The summed E-state index contributed by atoms with van der Waals surface area (Å²) in [5.41, 5.74) is 11.6. The van der Waals surface area contributed by atoms with Gasteiger partial charge in [0.1, 0.15) is 0 Å². The van der Waals surface area contributed by atoms with Gasteiger partial charge in [-0.25, -0.2) is 0 Å². The molecule has 108 valence electrons. The molecule has 0 fully saturated rings. The van der Waals surface area contributed by atoms with E-state index in [1.54, 1.807) is 0 Å². The number of benzene rings is 1. The Bertz CT molecular complexity index is 549. The van der Waals surface area contributed by atoms with E-state index in [9.17, 15) is 0 Å². The first-order chi connectivity index (χ1) is 9.65.